The molecular weight excluding hydrogens is 274 g/mol. The van der Waals surface area contributed by atoms with Crippen molar-refractivity contribution in [1.29, 1.82) is 0 Å². The van der Waals surface area contributed by atoms with Crippen LogP contribution in [0.1, 0.15) is 18.2 Å². The molecule has 1 heterocycles. The van der Waals surface area contributed by atoms with E-state index in [1.807, 2.05) is 24.3 Å². The molecule has 1 amide bonds. The lowest BCUT2D eigenvalue weighted by Crippen LogP contribution is -2.20. The fourth-order valence-electron chi connectivity index (χ4n) is 1.59. The van der Waals surface area contributed by atoms with Gasteiger partial charge < -0.3 is 10.5 Å². The summed E-state index contributed by atoms with van der Waals surface area (Å²) in [5.74, 6) is 0.422. The maximum absolute atomic E-state index is 11.7. The van der Waals surface area contributed by atoms with Crippen molar-refractivity contribution in [3.63, 3.8) is 0 Å². The van der Waals surface area contributed by atoms with Crippen LogP contribution in [0.2, 0.25) is 0 Å². The van der Waals surface area contributed by atoms with Gasteiger partial charge in [0.15, 0.2) is 11.7 Å². The van der Waals surface area contributed by atoms with Crippen LogP contribution in [0.15, 0.2) is 24.3 Å². The molecule has 2 rings (SSSR count). The highest BCUT2D eigenvalue weighted by Gasteiger charge is 2.09. The quantitative estimate of drug-likeness (QED) is 0.887. The third-order valence-electron chi connectivity index (χ3n) is 2.78. The molecule has 0 radical (unpaired) electrons. The summed E-state index contributed by atoms with van der Waals surface area (Å²) in [6, 6.07) is 7.69. The minimum absolute atomic E-state index is 0.0516. The number of ether oxygens (including phenoxy) is 1. The Morgan fingerprint density at radius 3 is 2.65 bits per heavy atom. The number of thiazole rings is 1. The Morgan fingerprint density at radius 2 is 2.10 bits per heavy atom. The molecule has 1 aromatic heterocycles. The van der Waals surface area contributed by atoms with Crippen molar-refractivity contribution in [2.45, 2.75) is 20.3 Å². The molecule has 2 aromatic rings. The number of aromatic nitrogens is 1. The Labute approximate surface area is 121 Å². The van der Waals surface area contributed by atoms with E-state index in [2.05, 4.69) is 17.2 Å². The zero-order valence-corrected chi connectivity index (χ0v) is 12.3. The van der Waals surface area contributed by atoms with E-state index < -0.39 is 0 Å². The molecule has 0 spiro atoms. The molecule has 6 heteroatoms. The smallest absolute Gasteiger partial charge is 0.264 e. The van der Waals surface area contributed by atoms with E-state index in [-0.39, 0.29) is 12.5 Å². The van der Waals surface area contributed by atoms with Crippen LogP contribution in [0, 0.1) is 6.92 Å². The normalized spacial score (nSPS) is 10.3. The zero-order chi connectivity index (χ0) is 14.5. The van der Waals surface area contributed by atoms with E-state index in [0.29, 0.717) is 15.9 Å². The van der Waals surface area contributed by atoms with Gasteiger partial charge in [0.2, 0.25) is 0 Å². The number of anilines is 2. The summed E-state index contributed by atoms with van der Waals surface area (Å²) in [7, 11) is 0. The van der Waals surface area contributed by atoms with Crippen LogP contribution in [-0.4, -0.2) is 17.5 Å². The minimum atomic E-state index is -0.252. The first kappa shape index (κ1) is 14.3. The molecule has 0 atom stereocenters. The van der Waals surface area contributed by atoms with Crippen molar-refractivity contribution in [3.05, 3.63) is 35.5 Å². The molecule has 0 saturated heterocycles. The van der Waals surface area contributed by atoms with E-state index in [1.54, 1.807) is 6.92 Å². The van der Waals surface area contributed by atoms with Crippen molar-refractivity contribution in [1.82, 2.24) is 4.98 Å². The van der Waals surface area contributed by atoms with E-state index in [4.69, 9.17) is 10.5 Å². The van der Waals surface area contributed by atoms with E-state index >= 15 is 0 Å². The number of nitrogens with zero attached hydrogens (tertiary/aromatic N) is 1. The summed E-state index contributed by atoms with van der Waals surface area (Å²) in [5, 5.41) is 3.76. The molecular formula is C14H17N3O2S. The fourth-order valence-corrected chi connectivity index (χ4v) is 2.34. The summed E-state index contributed by atoms with van der Waals surface area (Å²) in [6.45, 7) is 3.84. The van der Waals surface area contributed by atoms with E-state index in [9.17, 15) is 4.79 Å². The third-order valence-corrected chi connectivity index (χ3v) is 3.68. The highest BCUT2D eigenvalue weighted by atomic mass is 32.1. The summed E-state index contributed by atoms with van der Waals surface area (Å²) >= 11 is 1.25. The summed E-state index contributed by atoms with van der Waals surface area (Å²) in [5.41, 5.74) is 7.64. The standard InChI is InChI=1S/C14H17N3O2S/c1-3-10-4-6-11(7-5-10)19-8-12(18)17-14-16-9(2)13(15)20-14/h4-7H,3,8,15H2,1-2H3,(H,16,17,18). The number of carbonyl (C=O) groups excluding carboxylic acids is 1. The molecule has 20 heavy (non-hydrogen) atoms. The van der Waals surface area contributed by atoms with E-state index in [1.165, 1.54) is 16.9 Å². The van der Waals surface area contributed by atoms with Crippen molar-refractivity contribution in [2.75, 3.05) is 17.7 Å². The van der Waals surface area contributed by atoms with Crippen LogP contribution in [0.3, 0.4) is 0 Å². The Kier molecular flexibility index (Phi) is 4.57. The van der Waals surface area contributed by atoms with Crippen molar-refractivity contribution in [2.24, 2.45) is 0 Å². The molecule has 0 aliphatic heterocycles. The predicted molar refractivity (Wildman–Crippen MR) is 81.2 cm³/mol. The highest BCUT2D eigenvalue weighted by molar-refractivity contribution is 7.19. The molecule has 0 aliphatic rings. The molecule has 1 aromatic carbocycles. The monoisotopic (exact) mass is 291 g/mol. The van der Waals surface area contributed by atoms with E-state index in [0.717, 1.165) is 12.1 Å². The highest BCUT2D eigenvalue weighted by Crippen LogP contribution is 2.24. The van der Waals surface area contributed by atoms with Gasteiger partial charge in [0.05, 0.1) is 5.69 Å². The lowest BCUT2D eigenvalue weighted by atomic mass is 10.2. The van der Waals surface area contributed by atoms with Gasteiger partial charge in [-0.25, -0.2) is 4.98 Å². The predicted octanol–water partition coefficient (Wildman–Crippen LogP) is 2.61. The van der Waals surface area contributed by atoms with Gasteiger partial charge in [-0.05, 0) is 31.0 Å². The van der Waals surface area contributed by atoms with Crippen LogP contribution in [0.4, 0.5) is 10.1 Å². The van der Waals surface area contributed by atoms with Crippen molar-refractivity contribution < 1.29 is 9.53 Å². The number of nitrogen functional groups attached to an aromatic ring is 1. The molecule has 5 nitrogen and oxygen atoms in total. The molecule has 3 N–H and O–H groups in total. The van der Waals surface area contributed by atoms with Crippen LogP contribution < -0.4 is 15.8 Å². The van der Waals surface area contributed by atoms with Gasteiger partial charge in [-0.2, -0.15) is 0 Å². The summed E-state index contributed by atoms with van der Waals surface area (Å²) in [6.07, 6.45) is 0.978. The van der Waals surface area contributed by atoms with Crippen LogP contribution in [-0.2, 0) is 11.2 Å². The van der Waals surface area contributed by atoms with Gasteiger partial charge in [-0.1, -0.05) is 30.4 Å². The second-order valence-electron chi connectivity index (χ2n) is 4.30. The number of benzene rings is 1. The molecule has 0 fully saturated rings. The van der Waals surface area contributed by atoms with Gasteiger partial charge in [-0.15, -0.1) is 0 Å². The lowest BCUT2D eigenvalue weighted by Gasteiger charge is -2.06. The number of carbonyl (C=O) groups is 1. The average molecular weight is 291 g/mol. The van der Waals surface area contributed by atoms with Gasteiger partial charge >= 0.3 is 0 Å². The number of aryl methyl sites for hydroxylation is 2. The number of nitrogens with two attached hydrogens (primary N) is 1. The van der Waals surface area contributed by atoms with Crippen LogP contribution in [0.25, 0.3) is 0 Å². The van der Waals surface area contributed by atoms with Crippen molar-refractivity contribution >= 4 is 27.4 Å². The Balaban J connectivity index is 1.85. The van der Waals surface area contributed by atoms with Crippen LogP contribution >= 0.6 is 11.3 Å². The lowest BCUT2D eigenvalue weighted by molar-refractivity contribution is -0.118. The number of hydrogen-bond donors (Lipinski definition) is 2. The summed E-state index contributed by atoms with van der Waals surface area (Å²) in [4.78, 5) is 15.9. The minimum Gasteiger partial charge on any atom is -0.484 e. The molecule has 0 aliphatic carbocycles. The number of hydrogen-bond acceptors (Lipinski definition) is 5. The first-order chi connectivity index (χ1) is 9.58. The Morgan fingerprint density at radius 1 is 1.40 bits per heavy atom. The topological polar surface area (TPSA) is 77.2 Å². The molecule has 0 saturated carbocycles. The largest absolute Gasteiger partial charge is 0.484 e. The average Bonchev–Trinajstić information content (AvgIpc) is 2.75. The Bertz CT molecular complexity index is 573. The van der Waals surface area contributed by atoms with Gasteiger partial charge in [0, 0.05) is 0 Å². The molecule has 0 bridgehead atoms. The van der Waals surface area contributed by atoms with Gasteiger partial charge in [0.25, 0.3) is 5.91 Å². The SMILES string of the molecule is CCc1ccc(OCC(=O)Nc2nc(C)c(N)s2)cc1. The second-order valence-corrected chi connectivity index (χ2v) is 5.33. The zero-order valence-electron chi connectivity index (χ0n) is 11.5. The van der Waals surface area contributed by atoms with Gasteiger partial charge in [0.1, 0.15) is 10.8 Å². The second kappa shape index (κ2) is 6.38. The summed E-state index contributed by atoms with van der Waals surface area (Å²) < 4.78 is 5.41. The van der Waals surface area contributed by atoms with Crippen LogP contribution in [0.5, 0.6) is 5.75 Å². The first-order valence-corrected chi connectivity index (χ1v) is 7.14. The third kappa shape index (κ3) is 3.71. The first-order valence-electron chi connectivity index (χ1n) is 6.33. The molecule has 106 valence electrons. The maximum atomic E-state index is 11.7. The number of amides is 1. The fraction of sp³-hybridized carbons (Fsp3) is 0.286. The number of nitrogens with one attached hydrogen (secondary N) is 1. The Hall–Kier alpha value is -2.08. The maximum Gasteiger partial charge on any atom is 0.264 e. The molecule has 0 unspecified atom stereocenters. The van der Waals surface area contributed by atoms with Gasteiger partial charge in [-0.3, -0.25) is 10.1 Å². The van der Waals surface area contributed by atoms with Crippen molar-refractivity contribution in [3.8, 4) is 5.75 Å². The number of rotatable bonds is 5.